The summed E-state index contributed by atoms with van der Waals surface area (Å²) in [4.78, 5) is 10.5. The molecule has 2 heteroatoms. The largest absolute Gasteiger partial charge is 0.481 e. The maximum Gasteiger partial charge on any atom is 0.306 e. The molecule has 11 heavy (non-hydrogen) atoms. The van der Waals surface area contributed by atoms with Crippen molar-refractivity contribution in [3.63, 3.8) is 0 Å². The van der Waals surface area contributed by atoms with Crippen molar-refractivity contribution in [3.8, 4) is 0 Å². The quantitative estimate of drug-likeness (QED) is 0.633. The van der Waals surface area contributed by atoms with Crippen molar-refractivity contribution >= 4 is 5.97 Å². The molecular weight excluding hydrogens is 140 g/mol. The molecular formula is C9H14O2. The van der Waals surface area contributed by atoms with Crippen LogP contribution in [0.3, 0.4) is 0 Å². The summed E-state index contributed by atoms with van der Waals surface area (Å²) in [6, 6.07) is 0. The van der Waals surface area contributed by atoms with E-state index in [-0.39, 0.29) is 5.92 Å². The maximum atomic E-state index is 10.5. The maximum absolute atomic E-state index is 10.5. The topological polar surface area (TPSA) is 37.3 Å². The lowest BCUT2D eigenvalue weighted by molar-refractivity contribution is -0.141. The molecule has 1 atom stereocenters. The van der Waals surface area contributed by atoms with Gasteiger partial charge in [-0.25, -0.2) is 0 Å². The first-order chi connectivity index (χ1) is 5.20. The smallest absolute Gasteiger partial charge is 0.306 e. The Hall–Kier alpha value is -0.790. The van der Waals surface area contributed by atoms with Gasteiger partial charge in [0, 0.05) is 0 Å². The third-order valence-corrected chi connectivity index (χ3v) is 2.12. The monoisotopic (exact) mass is 154 g/mol. The summed E-state index contributed by atoms with van der Waals surface area (Å²) < 4.78 is 0. The van der Waals surface area contributed by atoms with Gasteiger partial charge in [0.05, 0.1) is 5.92 Å². The van der Waals surface area contributed by atoms with Gasteiger partial charge in [-0.2, -0.15) is 0 Å². The summed E-state index contributed by atoms with van der Waals surface area (Å²) in [7, 11) is 0. The minimum Gasteiger partial charge on any atom is -0.481 e. The first-order valence-corrected chi connectivity index (χ1v) is 4.11. The van der Waals surface area contributed by atoms with E-state index >= 15 is 0 Å². The van der Waals surface area contributed by atoms with Crippen LogP contribution in [0.5, 0.6) is 0 Å². The van der Waals surface area contributed by atoms with E-state index in [2.05, 4.69) is 6.08 Å². The van der Waals surface area contributed by atoms with Crippen LogP contribution in [0.4, 0.5) is 0 Å². The number of allylic oxidation sites excluding steroid dienone is 2. The minimum absolute atomic E-state index is 0.209. The zero-order valence-electron chi connectivity index (χ0n) is 6.84. The molecule has 0 heterocycles. The van der Waals surface area contributed by atoms with Crippen LogP contribution in [-0.4, -0.2) is 11.1 Å². The molecule has 0 fully saturated rings. The summed E-state index contributed by atoms with van der Waals surface area (Å²) >= 11 is 0. The summed E-state index contributed by atoms with van der Waals surface area (Å²) in [6.45, 7) is 1.77. The van der Waals surface area contributed by atoms with Gasteiger partial charge in [0.25, 0.3) is 0 Å². The lowest BCUT2D eigenvalue weighted by atomic mass is 10.0. The number of carbonyl (C=O) groups is 1. The Morgan fingerprint density at radius 2 is 2.55 bits per heavy atom. The molecule has 1 aliphatic rings. The second-order valence-corrected chi connectivity index (χ2v) is 3.20. The predicted octanol–water partition coefficient (Wildman–Crippen LogP) is 2.21. The zero-order chi connectivity index (χ0) is 8.27. The molecule has 1 N–H and O–H groups in total. The molecule has 62 valence electrons. The molecule has 1 aliphatic carbocycles. The van der Waals surface area contributed by atoms with Crippen LogP contribution in [-0.2, 0) is 4.79 Å². The summed E-state index contributed by atoms with van der Waals surface area (Å²) in [5, 5.41) is 8.62. The van der Waals surface area contributed by atoms with E-state index in [1.807, 2.05) is 0 Å². The van der Waals surface area contributed by atoms with Crippen LogP contribution >= 0.6 is 0 Å². The second kappa shape index (κ2) is 3.56. The Bertz CT molecular complexity index is 182. The van der Waals surface area contributed by atoms with Gasteiger partial charge in [-0.3, -0.25) is 4.79 Å². The van der Waals surface area contributed by atoms with Crippen molar-refractivity contribution in [2.75, 3.05) is 0 Å². The van der Waals surface area contributed by atoms with E-state index in [1.54, 1.807) is 6.92 Å². The molecule has 0 spiro atoms. The van der Waals surface area contributed by atoms with Gasteiger partial charge in [0.1, 0.15) is 0 Å². The van der Waals surface area contributed by atoms with Crippen LogP contribution < -0.4 is 0 Å². The Labute approximate surface area is 66.9 Å². The van der Waals surface area contributed by atoms with Crippen molar-refractivity contribution in [1.29, 1.82) is 0 Å². The molecule has 0 saturated heterocycles. The molecule has 0 aromatic heterocycles. The molecule has 0 radical (unpaired) electrons. The summed E-state index contributed by atoms with van der Waals surface area (Å²) in [6.07, 6.45) is 6.38. The molecule has 0 aliphatic heterocycles. The molecule has 0 unspecified atom stereocenters. The van der Waals surface area contributed by atoms with Crippen molar-refractivity contribution in [3.05, 3.63) is 11.6 Å². The van der Waals surface area contributed by atoms with Gasteiger partial charge in [-0.05, 0) is 25.7 Å². The van der Waals surface area contributed by atoms with Gasteiger partial charge in [0.15, 0.2) is 0 Å². The number of rotatable bonds is 3. The number of hydrogen-bond donors (Lipinski definition) is 1. The van der Waals surface area contributed by atoms with Gasteiger partial charge in [0.2, 0.25) is 0 Å². The van der Waals surface area contributed by atoms with Crippen molar-refractivity contribution in [2.45, 2.75) is 32.6 Å². The van der Waals surface area contributed by atoms with E-state index < -0.39 is 5.97 Å². The number of carboxylic acid groups (broad SMARTS) is 1. The van der Waals surface area contributed by atoms with Gasteiger partial charge < -0.3 is 5.11 Å². The third-order valence-electron chi connectivity index (χ3n) is 2.12. The highest BCUT2D eigenvalue weighted by atomic mass is 16.4. The van der Waals surface area contributed by atoms with E-state index in [4.69, 9.17) is 5.11 Å². The van der Waals surface area contributed by atoms with Crippen molar-refractivity contribution in [2.24, 2.45) is 5.92 Å². The number of carboxylic acids is 1. The molecule has 0 aromatic rings. The third kappa shape index (κ3) is 2.37. The fourth-order valence-electron chi connectivity index (χ4n) is 1.40. The van der Waals surface area contributed by atoms with Gasteiger partial charge >= 0.3 is 5.97 Å². The molecule has 0 bridgehead atoms. The first-order valence-electron chi connectivity index (χ1n) is 4.11. The summed E-state index contributed by atoms with van der Waals surface area (Å²) in [5.41, 5.74) is 1.33. The Balaban J connectivity index is 2.35. The van der Waals surface area contributed by atoms with Crippen molar-refractivity contribution in [1.82, 2.24) is 0 Å². The van der Waals surface area contributed by atoms with E-state index in [0.29, 0.717) is 0 Å². The van der Waals surface area contributed by atoms with Crippen LogP contribution in [0.15, 0.2) is 11.6 Å². The van der Waals surface area contributed by atoms with Gasteiger partial charge in [-0.15, -0.1) is 0 Å². The first kappa shape index (κ1) is 8.31. The molecule has 0 saturated carbocycles. The second-order valence-electron chi connectivity index (χ2n) is 3.20. The Kier molecular flexibility index (Phi) is 2.69. The zero-order valence-corrected chi connectivity index (χ0v) is 6.84. The fraction of sp³-hybridized carbons (Fsp3) is 0.667. The van der Waals surface area contributed by atoms with E-state index in [1.165, 1.54) is 12.0 Å². The minimum atomic E-state index is -0.683. The number of hydrogen-bond acceptors (Lipinski definition) is 1. The van der Waals surface area contributed by atoms with E-state index in [0.717, 1.165) is 19.3 Å². The van der Waals surface area contributed by atoms with E-state index in [9.17, 15) is 4.79 Å². The molecule has 2 nitrogen and oxygen atoms in total. The highest BCUT2D eigenvalue weighted by molar-refractivity contribution is 5.69. The average molecular weight is 154 g/mol. The van der Waals surface area contributed by atoms with Crippen LogP contribution in [0.25, 0.3) is 0 Å². The summed E-state index contributed by atoms with van der Waals surface area (Å²) in [5.74, 6) is -0.892. The Morgan fingerprint density at radius 3 is 3.00 bits per heavy atom. The van der Waals surface area contributed by atoms with Crippen LogP contribution in [0.2, 0.25) is 0 Å². The predicted molar refractivity (Wildman–Crippen MR) is 43.4 cm³/mol. The van der Waals surface area contributed by atoms with Gasteiger partial charge in [-0.1, -0.05) is 18.6 Å². The van der Waals surface area contributed by atoms with Crippen LogP contribution in [0.1, 0.15) is 32.6 Å². The highest BCUT2D eigenvalue weighted by Gasteiger charge is 2.14. The van der Waals surface area contributed by atoms with Crippen LogP contribution in [0, 0.1) is 5.92 Å². The molecule has 1 rings (SSSR count). The average Bonchev–Trinajstić information content (AvgIpc) is 2.39. The lowest BCUT2D eigenvalue weighted by Crippen LogP contribution is -2.09. The number of aliphatic carboxylic acids is 1. The Morgan fingerprint density at radius 1 is 1.82 bits per heavy atom. The molecule has 0 amide bonds. The lowest BCUT2D eigenvalue weighted by Gasteiger charge is -2.05. The standard InChI is InChI=1S/C9H14O2/c1-7(9(10)11)6-8-4-2-3-5-8/h4,7H,2-3,5-6H2,1H3,(H,10,11)/t7-/m0/s1. The highest BCUT2D eigenvalue weighted by Crippen LogP contribution is 2.23. The normalized spacial score (nSPS) is 19.5. The fourth-order valence-corrected chi connectivity index (χ4v) is 1.40. The van der Waals surface area contributed by atoms with Crippen molar-refractivity contribution < 1.29 is 9.90 Å². The molecule has 0 aromatic carbocycles. The SMILES string of the molecule is C[C@@H](CC1=CCCC1)C(=O)O.